The maximum atomic E-state index is 12.4. The summed E-state index contributed by atoms with van der Waals surface area (Å²) in [5.74, 6) is 1.51. The van der Waals surface area contributed by atoms with Gasteiger partial charge in [0.15, 0.2) is 0 Å². The van der Waals surface area contributed by atoms with Crippen LogP contribution in [0.15, 0.2) is 12.4 Å². The first-order valence-corrected chi connectivity index (χ1v) is 19.4. The first kappa shape index (κ1) is 38.7. The van der Waals surface area contributed by atoms with Gasteiger partial charge >= 0.3 is 0 Å². The van der Waals surface area contributed by atoms with E-state index in [0.717, 1.165) is 77.3 Å². The molecule has 0 bridgehead atoms. The summed E-state index contributed by atoms with van der Waals surface area (Å²) < 4.78 is 6.03. The van der Waals surface area contributed by atoms with Gasteiger partial charge in [0.05, 0.1) is 6.10 Å². The van der Waals surface area contributed by atoms with Crippen molar-refractivity contribution >= 4 is 11.9 Å². The van der Waals surface area contributed by atoms with Crippen LogP contribution in [-0.2, 0) is 9.53 Å². The number of piperidine rings is 1. The SMILES string of the molecule is CCCCCC(CCCCC)OCC(=O)NCCCCCN1CCC(c2cnc(N3C(C)CN(CCCC)CC3CC)nc2)CC1. The highest BCUT2D eigenvalue weighted by molar-refractivity contribution is 5.77. The molecule has 2 fully saturated rings. The van der Waals surface area contributed by atoms with E-state index < -0.39 is 0 Å². The number of likely N-dealkylation sites (tertiary alicyclic amines) is 1. The van der Waals surface area contributed by atoms with Gasteiger partial charge < -0.3 is 19.9 Å². The van der Waals surface area contributed by atoms with Crippen molar-refractivity contribution in [3.63, 3.8) is 0 Å². The van der Waals surface area contributed by atoms with Crippen molar-refractivity contribution in [1.29, 1.82) is 0 Å². The van der Waals surface area contributed by atoms with E-state index in [9.17, 15) is 4.79 Å². The molecule has 264 valence electrons. The first-order valence-electron chi connectivity index (χ1n) is 19.4. The quantitative estimate of drug-likeness (QED) is 0.123. The summed E-state index contributed by atoms with van der Waals surface area (Å²) in [7, 11) is 0. The van der Waals surface area contributed by atoms with E-state index in [-0.39, 0.29) is 18.6 Å². The lowest BCUT2D eigenvalue weighted by Crippen LogP contribution is -2.58. The van der Waals surface area contributed by atoms with Gasteiger partial charge in [0.2, 0.25) is 11.9 Å². The molecule has 0 aliphatic carbocycles. The molecule has 46 heavy (non-hydrogen) atoms. The molecule has 0 spiro atoms. The third-order valence-corrected chi connectivity index (χ3v) is 10.3. The van der Waals surface area contributed by atoms with E-state index in [1.165, 1.54) is 82.7 Å². The molecule has 1 aromatic rings. The smallest absolute Gasteiger partial charge is 0.246 e. The van der Waals surface area contributed by atoms with Crippen LogP contribution in [-0.4, -0.2) is 96.3 Å². The fourth-order valence-electron chi connectivity index (χ4n) is 7.36. The maximum Gasteiger partial charge on any atom is 0.246 e. The molecule has 2 atom stereocenters. The van der Waals surface area contributed by atoms with Crippen LogP contribution in [0.5, 0.6) is 0 Å². The highest BCUT2D eigenvalue weighted by Gasteiger charge is 2.32. The van der Waals surface area contributed by atoms with Crippen molar-refractivity contribution < 1.29 is 9.53 Å². The number of carbonyl (C=O) groups is 1. The lowest BCUT2D eigenvalue weighted by molar-refractivity contribution is -0.128. The second-order valence-corrected chi connectivity index (χ2v) is 14.2. The molecule has 1 amide bonds. The molecule has 0 saturated carbocycles. The van der Waals surface area contributed by atoms with Crippen LogP contribution in [0.4, 0.5) is 5.95 Å². The number of unbranched alkanes of at least 4 members (excludes halogenated alkanes) is 7. The van der Waals surface area contributed by atoms with Crippen LogP contribution in [0.2, 0.25) is 0 Å². The van der Waals surface area contributed by atoms with Crippen molar-refractivity contribution in [3.8, 4) is 0 Å². The normalized spacial score (nSPS) is 20.1. The highest BCUT2D eigenvalue weighted by atomic mass is 16.5. The number of hydrogen-bond donors (Lipinski definition) is 1. The Bertz CT molecular complexity index is 912. The van der Waals surface area contributed by atoms with Gasteiger partial charge in [-0.15, -0.1) is 0 Å². The minimum absolute atomic E-state index is 0.0414. The third kappa shape index (κ3) is 13.8. The van der Waals surface area contributed by atoms with E-state index in [4.69, 9.17) is 14.7 Å². The Hall–Kier alpha value is -1.77. The van der Waals surface area contributed by atoms with Gasteiger partial charge in [-0.05, 0) is 96.0 Å². The Morgan fingerprint density at radius 3 is 2.13 bits per heavy atom. The Morgan fingerprint density at radius 2 is 1.50 bits per heavy atom. The number of carbonyl (C=O) groups excluding carboxylic acids is 1. The molecule has 2 saturated heterocycles. The van der Waals surface area contributed by atoms with Crippen molar-refractivity contribution in [2.24, 2.45) is 0 Å². The lowest BCUT2D eigenvalue weighted by atomic mass is 9.91. The van der Waals surface area contributed by atoms with Crippen LogP contribution in [0.1, 0.15) is 149 Å². The molecule has 8 nitrogen and oxygen atoms in total. The molecule has 2 unspecified atom stereocenters. The van der Waals surface area contributed by atoms with Gasteiger partial charge in [-0.3, -0.25) is 9.69 Å². The zero-order valence-electron chi connectivity index (χ0n) is 30.5. The second kappa shape index (κ2) is 22.7. The Kier molecular flexibility index (Phi) is 19.1. The predicted molar refractivity (Wildman–Crippen MR) is 193 cm³/mol. The number of ether oxygens (including phenoxy) is 1. The monoisotopic (exact) mass is 643 g/mol. The van der Waals surface area contributed by atoms with Crippen molar-refractivity contribution in [2.45, 2.75) is 161 Å². The minimum atomic E-state index is 0.0414. The molecule has 0 aromatic carbocycles. The highest BCUT2D eigenvalue weighted by Crippen LogP contribution is 2.29. The number of anilines is 1. The summed E-state index contributed by atoms with van der Waals surface area (Å²) in [6, 6.07) is 0.922. The van der Waals surface area contributed by atoms with Crippen LogP contribution in [0.25, 0.3) is 0 Å². The average molecular weight is 643 g/mol. The molecule has 2 aliphatic rings. The number of piperazine rings is 1. The van der Waals surface area contributed by atoms with Gasteiger partial charge in [-0.1, -0.05) is 79.1 Å². The summed E-state index contributed by atoms with van der Waals surface area (Å²) >= 11 is 0. The standard InChI is InChI=1S/C38H70N6O2/c1-6-10-14-18-36(19-15-11-7-2)46-31-37(45)39-22-16-13-17-24-42-25-20-33(21-26-42)34-27-40-38(41-28-34)44-32(5)29-43(23-12-8-3)30-35(44)9-4/h27-28,32-33,35-36H,6-26,29-31H2,1-5H3,(H,39,45). The molecule has 8 heteroatoms. The summed E-state index contributed by atoms with van der Waals surface area (Å²) in [4.78, 5) is 29.9. The van der Waals surface area contributed by atoms with Crippen molar-refractivity contribution in [3.05, 3.63) is 18.0 Å². The van der Waals surface area contributed by atoms with E-state index in [2.05, 4.69) is 67.0 Å². The largest absolute Gasteiger partial charge is 0.368 e. The summed E-state index contributed by atoms with van der Waals surface area (Å²) in [6.45, 7) is 19.2. The molecule has 3 rings (SSSR count). The number of nitrogens with zero attached hydrogens (tertiary/aromatic N) is 5. The predicted octanol–water partition coefficient (Wildman–Crippen LogP) is 7.58. The van der Waals surface area contributed by atoms with E-state index in [1.807, 2.05) is 0 Å². The van der Waals surface area contributed by atoms with E-state index in [0.29, 0.717) is 18.0 Å². The van der Waals surface area contributed by atoms with Crippen LogP contribution in [0.3, 0.4) is 0 Å². The van der Waals surface area contributed by atoms with Crippen molar-refractivity contribution in [1.82, 2.24) is 25.1 Å². The number of amides is 1. The third-order valence-electron chi connectivity index (χ3n) is 10.3. The van der Waals surface area contributed by atoms with E-state index >= 15 is 0 Å². The summed E-state index contributed by atoms with van der Waals surface area (Å²) in [6.07, 6.45) is 23.4. The fraction of sp³-hybridized carbons (Fsp3) is 0.868. The van der Waals surface area contributed by atoms with Gasteiger partial charge in [0.1, 0.15) is 6.61 Å². The zero-order valence-corrected chi connectivity index (χ0v) is 30.5. The minimum Gasteiger partial charge on any atom is -0.368 e. The topological polar surface area (TPSA) is 73.8 Å². The van der Waals surface area contributed by atoms with Gasteiger partial charge in [-0.2, -0.15) is 0 Å². The molecular weight excluding hydrogens is 572 g/mol. The van der Waals surface area contributed by atoms with Crippen LogP contribution in [0, 0.1) is 0 Å². The number of hydrogen-bond acceptors (Lipinski definition) is 7. The van der Waals surface area contributed by atoms with Gasteiger partial charge in [0, 0.05) is 44.1 Å². The Morgan fingerprint density at radius 1 is 0.848 bits per heavy atom. The van der Waals surface area contributed by atoms with E-state index in [1.54, 1.807) is 0 Å². The van der Waals surface area contributed by atoms with Gasteiger partial charge in [0.25, 0.3) is 0 Å². The van der Waals surface area contributed by atoms with Gasteiger partial charge in [-0.25, -0.2) is 9.97 Å². The number of nitrogens with one attached hydrogen (secondary N) is 1. The first-order chi connectivity index (χ1) is 22.5. The fourth-order valence-corrected chi connectivity index (χ4v) is 7.36. The molecule has 1 N–H and O–H groups in total. The average Bonchev–Trinajstić information content (AvgIpc) is 3.07. The number of rotatable bonds is 23. The summed E-state index contributed by atoms with van der Waals surface area (Å²) in [5.41, 5.74) is 1.30. The van der Waals surface area contributed by atoms with Crippen molar-refractivity contribution in [2.75, 3.05) is 57.3 Å². The lowest BCUT2D eigenvalue weighted by Gasteiger charge is -2.45. The molecule has 2 aliphatic heterocycles. The summed E-state index contributed by atoms with van der Waals surface area (Å²) in [5, 5.41) is 3.08. The molecule has 0 radical (unpaired) electrons. The molecular formula is C38H70N6O2. The number of aromatic nitrogens is 2. The molecule has 1 aromatic heterocycles. The molecule has 3 heterocycles. The maximum absolute atomic E-state index is 12.4. The van der Waals surface area contributed by atoms with Crippen LogP contribution < -0.4 is 10.2 Å². The second-order valence-electron chi connectivity index (χ2n) is 14.2. The Labute approximate surface area is 282 Å². The van der Waals surface area contributed by atoms with Crippen LogP contribution >= 0.6 is 0 Å². The Balaban J connectivity index is 1.28. The zero-order chi connectivity index (χ0) is 33.0.